The van der Waals surface area contributed by atoms with E-state index >= 15 is 0 Å². The van der Waals surface area contributed by atoms with Gasteiger partial charge in [0.2, 0.25) is 5.88 Å². The summed E-state index contributed by atoms with van der Waals surface area (Å²) in [5.74, 6) is -1.60. The van der Waals surface area contributed by atoms with Crippen LogP contribution in [0, 0.1) is 11.6 Å². The van der Waals surface area contributed by atoms with Crippen LogP contribution in [0.2, 0.25) is 0 Å². The van der Waals surface area contributed by atoms with Crippen molar-refractivity contribution >= 4 is 0 Å². The third-order valence-electron chi connectivity index (χ3n) is 2.65. The molecule has 2 rings (SSSR count). The van der Waals surface area contributed by atoms with E-state index in [1.54, 1.807) is 18.2 Å². The van der Waals surface area contributed by atoms with Crippen LogP contribution in [0.4, 0.5) is 8.78 Å². The Morgan fingerprint density at radius 1 is 1.20 bits per heavy atom. The van der Waals surface area contributed by atoms with Crippen molar-refractivity contribution in [2.24, 2.45) is 5.73 Å². The summed E-state index contributed by atoms with van der Waals surface area (Å²) < 4.78 is 37.5. The molecule has 0 fully saturated rings. The number of hydrogen-bond acceptors (Lipinski definition) is 4. The highest BCUT2D eigenvalue weighted by Crippen LogP contribution is 2.24. The number of halogens is 2. The molecule has 20 heavy (non-hydrogen) atoms. The van der Waals surface area contributed by atoms with E-state index in [1.165, 1.54) is 7.11 Å². The van der Waals surface area contributed by atoms with Crippen LogP contribution in [0.25, 0.3) is 0 Å². The van der Waals surface area contributed by atoms with E-state index in [0.717, 1.165) is 12.1 Å². The van der Waals surface area contributed by atoms with Gasteiger partial charge in [-0.15, -0.1) is 0 Å². The summed E-state index contributed by atoms with van der Waals surface area (Å²) in [6.45, 7) is -0.00142. The number of nitrogens with zero attached hydrogens (tertiary/aromatic N) is 1. The molecule has 1 aromatic heterocycles. The number of ether oxygens (including phenoxy) is 2. The Morgan fingerprint density at radius 2 is 1.90 bits per heavy atom. The molecule has 1 aromatic carbocycles. The Hall–Kier alpha value is -2.21. The molecule has 1 heterocycles. The Bertz CT molecular complexity index is 582. The third kappa shape index (κ3) is 3.21. The Balaban J connectivity index is 2.14. The number of methoxy groups -OCH3 is 1. The Morgan fingerprint density at radius 3 is 2.50 bits per heavy atom. The summed E-state index contributed by atoms with van der Waals surface area (Å²) in [5.41, 5.74) is 6.21. The number of rotatable bonds is 5. The Kier molecular flexibility index (Phi) is 4.47. The van der Waals surface area contributed by atoms with Crippen molar-refractivity contribution in [3.63, 3.8) is 0 Å². The van der Waals surface area contributed by atoms with Gasteiger partial charge in [0, 0.05) is 12.6 Å². The van der Waals surface area contributed by atoms with Crippen LogP contribution in [0.5, 0.6) is 11.6 Å². The van der Waals surface area contributed by atoms with Crippen molar-refractivity contribution in [3.05, 3.63) is 53.2 Å². The molecule has 0 aliphatic heterocycles. The van der Waals surface area contributed by atoms with E-state index in [-0.39, 0.29) is 13.2 Å². The number of pyridine rings is 1. The van der Waals surface area contributed by atoms with Gasteiger partial charge in [0.25, 0.3) is 0 Å². The monoisotopic (exact) mass is 280 g/mol. The predicted molar refractivity (Wildman–Crippen MR) is 69.4 cm³/mol. The second-order valence-electron chi connectivity index (χ2n) is 4.05. The lowest BCUT2D eigenvalue weighted by Gasteiger charge is -2.10. The molecule has 0 bridgehead atoms. The summed E-state index contributed by atoms with van der Waals surface area (Å²) in [5, 5.41) is 0. The smallest absolute Gasteiger partial charge is 0.213 e. The maximum atomic E-state index is 13.7. The van der Waals surface area contributed by atoms with Gasteiger partial charge in [0.15, 0.2) is 17.4 Å². The van der Waals surface area contributed by atoms with Gasteiger partial charge in [-0.2, -0.15) is 0 Å². The molecule has 0 saturated heterocycles. The summed E-state index contributed by atoms with van der Waals surface area (Å²) in [4.78, 5) is 4.09. The van der Waals surface area contributed by atoms with Gasteiger partial charge in [0.05, 0.1) is 12.8 Å². The second-order valence-corrected chi connectivity index (χ2v) is 4.05. The topological polar surface area (TPSA) is 57.4 Å². The maximum absolute atomic E-state index is 13.7. The number of aromatic nitrogens is 1. The molecule has 0 radical (unpaired) electrons. The first kappa shape index (κ1) is 14.2. The molecule has 0 spiro atoms. The number of hydrogen-bond donors (Lipinski definition) is 1. The Labute approximate surface area is 115 Å². The van der Waals surface area contributed by atoms with Crippen molar-refractivity contribution in [2.75, 3.05) is 7.11 Å². The van der Waals surface area contributed by atoms with E-state index < -0.39 is 17.4 Å². The van der Waals surface area contributed by atoms with Crippen molar-refractivity contribution in [1.82, 2.24) is 4.98 Å². The molecular formula is C14H14F2N2O2. The van der Waals surface area contributed by atoms with Gasteiger partial charge in [-0.05, 0) is 23.8 Å². The molecule has 0 saturated carbocycles. The summed E-state index contributed by atoms with van der Waals surface area (Å²) >= 11 is 0. The van der Waals surface area contributed by atoms with Gasteiger partial charge < -0.3 is 15.2 Å². The molecule has 2 aromatic rings. The highest BCUT2D eigenvalue weighted by Gasteiger charge is 2.12. The van der Waals surface area contributed by atoms with Crippen molar-refractivity contribution in [3.8, 4) is 11.6 Å². The van der Waals surface area contributed by atoms with Crippen LogP contribution in [-0.4, -0.2) is 12.1 Å². The lowest BCUT2D eigenvalue weighted by atomic mass is 10.2. The largest absolute Gasteiger partial charge is 0.481 e. The van der Waals surface area contributed by atoms with Crippen LogP contribution in [0.3, 0.4) is 0 Å². The molecule has 0 atom stereocenters. The third-order valence-corrected chi connectivity index (χ3v) is 2.65. The average Bonchev–Trinajstić information content (AvgIpc) is 2.46. The van der Waals surface area contributed by atoms with Crippen molar-refractivity contribution in [1.29, 1.82) is 0 Å². The average molecular weight is 280 g/mol. The zero-order valence-electron chi connectivity index (χ0n) is 10.9. The SMILES string of the molecule is COc1cccc(COc2c(F)cc(CN)cc2F)n1. The van der Waals surface area contributed by atoms with Gasteiger partial charge in [0.1, 0.15) is 6.61 Å². The maximum Gasteiger partial charge on any atom is 0.213 e. The van der Waals surface area contributed by atoms with Gasteiger partial charge in [-0.25, -0.2) is 13.8 Å². The molecule has 106 valence electrons. The fourth-order valence-electron chi connectivity index (χ4n) is 1.67. The fourth-order valence-corrected chi connectivity index (χ4v) is 1.67. The molecule has 0 aliphatic carbocycles. The summed E-state index contributed by atoms with van der Waals surface area (Å²) in [6.07, 6.45) is 0. The highest BCUT2D eigenvalue weighted by atomic mass is 19.1. The fraction of sp³-hybridized carbons (Fsp3) is 0.214. The molecule has 0 unspecified atom stereocenters. The number of nitrogens with two attached hydrogens (primary N) is 1. The molecule has 0 amide bonds. The van der Waals surface area contributed by atoms with Crippen LogP contribution in [-0.2, 0) is 13.2 Å². The van der Waals surface area contributed by atoms with Gasteiger partial charge in [-0.3, -0.25) is 0 Å². The normalized spacial score (nSPS) is 10.4. The van der Waals surface area contributed by atoms with Gasteiger partial charge >= 0.3 is 0 Å². The zero-order valence-corrected chi connectivity index (χ0v) is 10.9. The molecule has 6 heteroatoms. The molecular weight excluding hydrogens is 266 g/mol. The van der Waals surface area contributed by atoms with Crippen molar-refractivity contribution in [2.45, 2.75) is 13.2 Å². The first-order chi connectivity index (χ1) is 9.63. The van der Waals surface area contributed by atoms with Gasteiger partial charge in [-0.1, -0.05) is 6.07 Å². The lowest BCUT2D eigenvalue weighted by Crippen LogP contribution is -2.04. The van der Waals surface area contributed by atoms with E-state index in [1.807, 2.05) is 0 Å². The van der Waals surface area contributed by atoms with Crippen LogP contribution >= 0.6 is 0 Å². The minimum absolute atomic E-state index is 0.0611. The quantitative estimate of drug-likeness (QED) is 0.913. The van der Waals surface area contributed by atoms with Crippen molar-refractivity contribution < 1.29 is 18.3 Å². The van der Waals surface area contributed by atoms with E-state index in [0.29, 0.717) is 17.1 Å². The first-order valence-electron chi connectivity index (χ1n) is 5.94. The first-order valence-corrected chi connectivity index (χ1v) is 5.94. The lowest BCUT2D eigenvalue weighted by molar-refractivity contribution is 0.268. The van der Waals surface area contributed by atoms with E-state index in [4.69, 9.17) is 15.2 Å². The minimum atomic E-state index is -0.784. The molecule has 4 nitrogen and oxygen atoms in total. The highest BCUT2D eigenvalue weighted by molar-refractivity contribution is 5.31. The van der Waals surface area contributed by atoms with Crippen LogP contribution in [0.15, 0.2) is 30.3 Å². The standard InChI is InChI=1S/C14H14F2N2O2/c1-19-13-4-2-3-10(18-13)8-20-14-11(15)5-9(7-17)6-12(14)16/h2-6H,7-8,17H2,1H3. The zero-order chi connectivity index (χ0) is 14.5. The second kappa shape index (κ2) is 6.29. The number of benzene rings is 1. The summed E-state index contributed by atoms with van der Waals surface area (Å²) in [6, 6.07) is 7.36. The van der Waals surface area contributed by atoms with Crippen LogP contribution < -0.4 is 15.2 Å². The van der Waals surface area contributed by atoms with E-state index in [2.05, 4.69) is 4.98 Å². The predicted octanol–water partition coefficient (Wildman–Crippen LogP) is 2.41. The summed E-state index contributed by atoms with van der Waals surface area (Å²) in [7, 11) is 1.48. The molecule has 0 aliphatic rings. The molecule has 2 N–H and O–H groups in total. The minimum Gasteiger partial charge on any atom is -0.481 e. The van der Waals surface area contributed by atoms with Crippen LogP contribution in [0.1, 0.15) is 11.3 Å². The van der Waals surface area contributed by atoms with E-state index in [9.17, 15) is 8.78 Å².